The standard InChI is InChI=1S/C20H14Cl2N6O3/c1-10-3-12(9-23-7-10)14-6-17(29)26-27-19(14)31-18-15(21)4-13(5-16(18)22)28-20(30)25-11(2)8-24-28/h3-9H,2H2,1H3,(H,25,30)(H,26,29). The van der Waals surface area contributed by atoms with Crippen LogP contribution in [0.25, 0.3) is 11.1 Å². The van der Waals surface area contributed by atoms with Crippen molar-refractivity contribution in [2.24, 2.45) is 5.10 Å². The van der Waals surface area contributed by atoms with Gasteiger partial charge in [-0.1, -0.05) is 29.8 Å². The molecule has 0 spiro atoms. The van der Waals surface area contributed by atoms with E-state index in [0.29, 0.717) is 22.5 Å². The van der Waals surface area contributed by atoms with Crippen LogP contribution in [0.5, 0.6) is 11.6 Å². The Morgan fingerprint density at radius 3 is 2.52 bits per heavy atom. The number of pyridine rings is 1. The Morgan fingerprint density at radius 2 is 1.84 bits per heavy atom. The molecule has 3 aromatic rings. The number of allylic oxidation sites excluding steroid dienone is 1. The molecule has 31 heavy (non-hydrogen) atoms. The first-order valence-electron chi connectivity index (χ1n) is 8.84. The van der Waals surface area contributed by atoms with Crippen molar-refractivity contribution >= 4 is 41.1 Å². The van der Waals surface area contributed by atoms with Crippen molar-refractivity contribution in [2.45, 2.75) is 6.92 Å². The smallest absolute Gasteiger partial charge is 0.347 e. The summed E-state index contributed by atoms with van der Waals surface area (Å²) >= 11 is 12.8. The first-order chi connectivity index (χ1) is 14.8. The number of nitrogens with one attached hydrogen (secondary N) is 2. The monoisotopic (exact) mass is 456 g/mol. The number of anilines is 1. The highest BCUT2D eigenvalue weighted by Gasteiger charge is 2.23. The molecule has 11 heteroatoms. The summed E-state index contributed by atoms with van der Waals surface area (Å²) in [7, 11) is 0. The lowest BCUT2D eigenvalue weighted by Crippen LogP contribution is -2.40. The Morgan fingerprint density at radius 1 is 1.10 bits per heavy atom. The van der Waals surface area contributed by atoms with Crippen LogP contribution in [0.2, 0.25) is 10.0 Å². The summed E-state index contributed by atoms with van der Waals surface area (Å²) in [6.45, 7) is 5.49. The summed E-state index contributed by atoms with van der Waals surface area (Å²) in [6, 6.07) is 5.60. The lowest BCUT2D eigenvalue weighted by atomic mass is 10.1. The summed E-state index contributed by atoms with van der Waals surface area (Å²) in [4.78, 5) is 28.1. The average molecular weight is 457 g/mol. The molecule has 0 bridgehead atoms. The second kappa shape index (κ2) is 8.21. The summed E-state index contributed by atoms with van der Waals surface area (Å²) in [5, 5.41) is 14.2. The van der Waals surface area contributed by atoms with Crippen molar-refractivity contribution in [2.75, 3.05) is 5.01 Å². The van der Waals surface area contributed by atoms with Gasteiger partial charge in [0.1, 0.15) is 0 Å². The number of benzene rings is 1. The van der Waals surface area contributed by atoms with Gasteiger partial charge in [0.05, 0.1) is 33.2 Å². The highest BCUT2D eigenvalue weighted by atomic mass is 35.5. The van der Waals surface area contributed by atoms with E-state index in [4.69, 9.17) is 27.9 Å². The highest BCUT2D eigenvalue weighted by Crippen LogP contribution is 2.41. The second-order valence-corrected chi connectivity index (χ2v) is 7.37. The fourth-order valence-electron chi connectivity index (χ4n) is 2.83. The minimum atomic E-state index is -0.509. The number of carbonyl (C=O) groups is 1. The van der Waals surface area contributed by atoms with E-state index in [1.54, 1.807) is 12.4 Å². The summed E-state index contributed by atoms with van der Waals surface area (Å²) in [5.41, 5.74) is 2.22. The van der Waals surface area contributed by atoms with Crippen LogP contribution >= 0.6 is 23.2 Å². The van der Waals surface area contributed by atoms with Crippen LogP contribution in [0.4, 0.5) is 10.5 Å². The van der Waals surface area contributed by atoms with Crippen molar-refractivity contribution < 1.29 is 9.53 Å². The topological polar surface area (TPSA) is 113 Å². The number of aromatic amines is 1. The Bertz CT molecular complexity index is 1280. The van der Waals surface area contributed by atoms with Gasteiger partial charge in [-0.25, -0.2) is 9.89 Å². The molecular formula is C20H14Cl2N6O3. The van der Waals surface area contributed by atoms with E-state index >= 15 is 0 Å². The van der Waals surface area contributed by atoms with Crippen LogP contribution in [0.1, 0.15) is 5.56 Å². The molecule has 1 aliphatic heterocycles. The second-order valence-electron chi connectivity index (χ2n) is 6.55. The zero-order chi connectivity index (χ0) is 22.1. The molecule has 156 valence electrons. The van der Waals surface area contributed by atoms with E-state index < -0.39 is 11.6 Å². The van der Waals surface area contributed by atoms with Crippen molar-refractivity contribution in [3.05, 3.63) is 74.9 Å². The van der Waals surface area contributed by atoms with Crippen molar-refractivity contribution in [1.82, 2.24) is 20.5 Å². The number of amides is 2. The van der Waals surface area contributed by atoms with E-state index in [9.17, 15) is 9.59 Å². The molecule has 0 saturated heterocycles. The largest absolute Gasteiger partial charge is 0.434 e. The molecule has 2 N–H and O–H groups in total. The molecule has 1 aliphatic rings. The number of nitrogens with zero attached hydrogens (tertiary/aromatic N) is 4. The predicted octanol–water partition coefficient (Wildman–Crippen LogP) is 4.27. The van der Waals surface area contributed by atoms with Gasteiger partial charge in [0.25, 0.3) is 5.56 Å². The van der Waals surface area contributed by atoms with Crippen molar-refractivity contribution in [3.63, 3.8) is 0 Å². The molecule has 3 heterocycles. The molecule has 0 unspecified atom stereocenters. The Labute approximate surface area is 186 Å². The quantitative estimate of drug-likeness (QED) is 0.608. The zero-order valence-corrected chi connectivity index (χ0v) is 17.5. The average Bonchev–Trinajstić information content (AvgIpc) is 2.71. The maximum absolute atomic E-state index is 12.1. The lowest BCUT2D eigenvalue weighted by Gasteiger charge is -2.22. The number of ether oxygens (including phenoxy) is 1. The molecule has 0 atom stereocenters. The third-order valence-corrected chi connectivity index (χ3v) is 4.74. The van der Waals surface area contributed by atoms with Crippen molar-refractivity contribution in [3.8, 4) is 22.8 Å². The number of urea groups is 1. The predicted molar refractivity (Wildman–Crippen MR) is 118 cm³/mol. The fourth-order valence-corrected chi connectivity index (χ4v) is 3.38. The number of hydrogen-bond acceptors (Lipinski definition) is 6. The van der Waals surface area contributed by atoms with Crippen molar-refractivity contribution in [1.29, 1.82) is 0 Å². The van der Waals surface area contributed by atoms with Crippen LogP contribution < -0.4 is 20.6 Å². The van der Waals surface area contributed by atoms with Gasteiger partial charge in [0.2, 0.25) is 5.88 Å². The zero-order valence-electron chi connectivity index (χ0n) is 16.0. The Kier molecular flexibility index (Phi) is 5.45. The summed E-state index contributed by atoms with van der Waals surface area (Å²) in [6.07, 6.45) is 4.66. The first kappa shape index (κ1) is 20.6. The van der Waals surface area contributed by atoms with Gasteiger partial charge < -0.3 is 10.1 Å². The van der Waals surface area contributed by atoms with Crippen LogP contribution in [-0.2, 0) is 0 Å². The minimum absolute atomic E-state index is 0.0774. The van der Waals surface area contributed by atoms with Crippen LogP contribution in [0.3, 0.4) is 0 Å². The van der Waals surface area contributed by atoms with Gasteiger partial charge in [-0.05, 0) is 30.7 Å². The van der Waals surface area contributed by atoms with E-state index in [1.165, 1.54) is 24.4 Å². The SMILES string of the molecule is C=C1C=NN(c2cc(Cl)c(Oc3n[nH]c(=O)cc3-c3cncc(C)c3)c(Cl)c2)C(=O)N1. The third-order valence-electron chi connectivity index (χ3n) is 4.17. The number of hydrazone groups is 1. The molecule has 0 fully saturated rings. The van der Waals surface area contributed by atoms with E-state index in [2.05, 4.69) is 32.2 Å². The number of halogens is 2. The Hall–Kier alpha value is -3.69. The molecule has 2 amide bonds. The van der Waals surface area contributed by atoms with Gasteiger partial charge in [0, 0.05) is 24.0 Å². The third kappa shape index (κ3) is 4.27. The number of aryl methyl sites for hydroxylation is 1. The molecule has 0 radical (unpaired) electrons. The lowest BCUT2D eigenvalue weighted by molar-refractivity contribution is 0.248. The number of rotatable bonds is 4. The summed E-state index contributed by atoms with van der Waals surface area (Å²) < 4.78 is 5.86. The molecule has 0 saturated carbocycles. The number of carbonyl (C=O) groups excluding carboxylic acids is 1. The van der Waals surface area contributed by atoms with Crippen LogP contribution in [-0.4, -0.2) is 27.4 Å². The van der Waals surface area contributed by atoms with Crippen LogP contribution in [0.15, 0.2) is 58.8 Å². The van der Waals surface area contributed by atoms with Gasteiger partial charge in [-0.3, -0.25) is 9.78 Å². The number of H-pyrrole nitrogens is 1. The Balaban J connectivity index is 1.73. The number of hydrogen-bond donors (Lipinski definition) is 2. The molecule has 1 aromatic carbocycles. The van der Waals surface area contributed by atoms with Crippen LogP contribution in [0, 0.1) is 6.92 Å². The van der Waals surface area contributed by atoms with Gasteiger partial charge in [-0.2, -0.15) is 10.1 Å². The van der Waals surface area contributed by atoms with Gasteiger partial charge in [-0.15, -0.1) is 5.10 Å². The minimum Gasteiger partial charge on any atom is -0.434 e. The fraction of sp³-hybridized carbons (Fsp3) is 0.0500. The van der Waals surface area contributed by atoms with Gasteiger partial charge in [0.15, 0.2) is 5.75 Å². The summed E-state index contributed by atoms with van der Waals surface area (Å²) in [5.74, 6) is 0.174. The first-order valence-corrected chi connectivity index (χ1v) is 9.60. The molecule has 9 nitrogen and oxygen atoms in total. The molecule has 0 aliphatic carbocycles. The van der Waals surface area contributed by atoms with E-state index in [1.807, 2.05) is 13.0 Å². The molecule has 4 rings (SSSR count). The number of aromatic nitrogens is 3. The van der Waals surface area contributed by atoms with E-state index in [-0.39, 0.29) is 21.7 Å². The molecular weight excluding hydrogens is 443 g/mol. The normalized spacial score (nSPS) is 13.3. The molecule has 2 aromatic heterocycles. The highest BCUT2D eigenvalue weighted by molar-refractivity contribution is 6.37. The maximum Gasteiger partial charge on any atom is 0.347 e. The van der Waals surface area contributed by atoms with Gasteiger partial charge >= 0.3 is 6.03 Å². The van der Waals surface area contributed by atoms with E-state index in [0.717, 1.165) is 10.6 Å². The maximum atomic E-state index is 12.1.